The Kier molecular flexibility index (Phi) is 11.4. The van der Waals surface area contributed by atoms with Crippen molar-refractivity contribution in [1.82, 2.24) is 15.5 Å². The summed E-state index contributed by atoms with van der Waals surface area (Å²) in [4.78, 5) is 9.65. The van der Waals surface area contributed by atoms with Crippen molar-refractivity contribution in [3.05, 3.63) is 42.5 Å². The van der Waals surface area contributed by atoms with Crippen LogP contribution < -0.4 is 15.5 Å². The summed E-state index contributed by atoms with van der Waals surface area (Å²) in [5, 5.41) is 6.49. The van der Waals surface area contributed by atoms with E-state index in [0.717, 1.165) is 64.7 Å². The Bertz CT molecular complexity index is 553. The quantitative estimate of drug-likeness (QED) is 0.201. The van der Waals surface area contributed by atoms with E-state index < -0.39 is 0 Å². The average molecular weight is 471 g/mol. The molecular weight excluding hydrogens is 437 g/mol. The molecule has 1 aromatic carbocycles. The number of benzene rings is 1. The minimum atomic E-state index is 0. The molecule has 2 rings (SSSR count). The highest BCUT2D eigenvalue weighted by Crippen LogP contribution is 2.17. The molecule has 1 saturated heterocycles. The highest BCUT2D eigenvalue weighted by Gasteiger charge is 2.16. The van der Waals surface area contributed by atoms with Crippen LogP contribution in [0.15, 0.2) is 41.9 Å². The molecule has 26 heavy (non-hydrogen) atoms. The third kappa shape index (κ3) is 7.95. The molecular formula is C20H34IN5. The van der Waals surface area contributed by atoms with Gasteiger partial charge in [-0.25, -0.2) is 0 Å². The standard InChI is InChI=1S/C20H33N5.HI/c1-4-10-22-20(21-5-2)23-11-7-12-24-13-15-25(16-14-24)19-9-6-8-18(3)17-19;/h4,6,8-9,17H,1,5,7,10-16H2,2-3H3,(H2,21,22,23);1H. The van der Waals surface area contributed by atoms with Crippen molar-refractivity contribution in [2.75, 3.05) is 57.3 Å². The molecule has 0 aliphatic carbocycles. The fraction of sp³-hybridized carbons (Fsp3) is 0.550. The van der Waals surface area contributed by atoms with Gasteiger partial charge in [-0.05, 0) is 38.0 Å². The Labute approximate surface area is 176 Å². The normalized spacial score (nSPS) is 15.3. The van der Waals surface area contributed by atoms with Crippen LogP contribution in [0.25, 0.3) is 0 Å². The van der Waals surface area contributed by atoms with Gasteiger partial charge in [0.1, 0.15) is 0 Å². The van der Waals surface area contributed by atoms with Gasteiger partial charge in [0.25, 0.3) is 0 Å². The fourth-order valence-electron chi connectivity index (χ4n) is 3.05. The lowest BCUT2D eigenvalue weighted by molar-refractivity contribution is 0.256. The topological polar surface area (TPSA) is 42.9 Å². The van der Waals surface area contributed by atoms with Crippen molar-refractivity contribution in [1.29, 1.82) is 0 Å². The van der Waals surface area contributed by atoms with E-state index in [1.807, 2.05) is 6.08 Å². The second-order valence-electron chi connectivity index (χ2n) is 6.45. The molecule has 0 atom stereocenters. The van der Waals surface area contributed by atoms with Gasteiger partial charge in [-0.1, -0.05) is 18.2 Å². The average Bonchev–Trinajstić information content (AvgIpc) is 2.63. The van der Waals surface area contributed by atoms with Crippen molar-refractivity contribution in [2.45, 2.75) is 20.3 Å². The SMILES string of the molecule is C=CCNC(=NCCCN1CCN(c2cccc(C)c2)CC1)NCC.I. The maximum absolute atomic E-state index is 4.62. The molecule has 0 unspecified atom stereocenters. The second-order valence-corrected chi connectivity index (χ2v) is 6.45. The molecule has 0 spiro atoms. The highest BCUT2D eigenvalue weighted by molar-refractivity contribution is 14.0. The summed E-state index contributed by atoms with van der Waals surface area (Å²) in [7, 11) is 0. The van der Waals surface area contributed by atoms with Gasteiger partial charge in [0.15, 0.2) is 5.96 Å². The molecule has 5 nitrogen and oxygen atoms in total. The minimum absolute atomic E-state index is 0. The Balaban J connectivity index is 0.00000338. The van der Waals surface area contributed by atoms with Gasteiger partial charge in [-0.15, -0.1) is 30.6 Å². The van der Waals surface area contributed by atoms with E-state index in [-0.39, 0.29) is 24.0 Å². The second kappa shape index (κ2) is 13.0. The number of guanidine groups is 1. The van der Waals surface area contributed by atoms with Crippen LogP contribution in [-0.2, 0) is 0 Å². The van der Waals surface area contributed by atoms with Crippen LogP contribution in [0.3, 0.4) is 0 Å². The van der Waals surface area contributed by atoms with E-state index in [4.69, 9.17) is 0 Å². The molecule has 2 N–H and O–H groups in total. The van der Waals surface area contributed by atoms with Crippen LogP contribution in [0, 0.1) is 6.92 Å². The molecule has 0 saturated carbocycles. The smallest absolute Gasteiger partial charge is 0.191 e. The lowest BCUT2D eigenvalue weighted by Gasteiger charge is -2.36. The zero-order valence-electron chi connectivity index (χ0n) is 16.2. The summed E-state index contributed by atoms with van der Waals surface area (Å²) in [6.07, 6.45) is 2.94. The van der Waals surface area contributed by atoms with E-state index in [1.165, 1.54) is 11.3 Å². The zero-order chi connectivity index (χ0) is 17.9. The van der Waals surface area contributed by atoms with Crippen LogP contribution in [0.5, 0.6) is 0 Å². The molecule has 0 bridgehead atoms. The van der Waals surface area contributed by atoms with E-state index in [9.17, 15) is 0 Å². The van der Waals surface area contributed by atoms with Gasteiger partial charge >= 0.3 is 0 Å². The number of halogens is 1. The first-order chi connectivity index (χ1) is 12.2. The van der Waals surface area contributed by atoms with Crippen molar-refractivity contribution < 1.29 is 0 Å². The number of aryl methyl sites for hydroxylation is 1. The molecule has 1 heterocycles. The van der Waals surface area contributed by atoms with Crippen LogP contribution >= 0.6 is 24.0 Å². The summed E-state index contributed by atoms with van der Waals surface area (Å²) in [5.74, 6) is 0.881. The number of rotatable bonds is 8. The van der Waals surface area contributed by atoms with E-state index in [2.05, 4.69) is 70.1 Å². The molecule has 0 radical (unpaired) electrons. The van der Waals surface area contributed by atoms with E-state index >= 15 is 0 Å². The number of hydrogen-bond acceptors (Lipinski definition) is 3. The van der Waals surface area contributed by atoms with Crippen LogP contribution in [0.1, 0.15) is 18.9 Å². The molecule has 1 aliphatic rings. The number of anilines is 1. The largest absolute Gasteiger partial charge is 0.369 e. The van der Waals surface area contributed by atoms with E-state index in [0.29, 0.717) is 0 Å². The molecule has 0 aromatic heterocycles. The zero-order valence-corrected chi connectivity index (χ0v) is 18.5. The summed E-state index contributed by atoms with van der Waals surface area (Å²) in [6, 6.07) is 8.81. The first kappa shape index (κ1) is 22.8. The van der Waals surface area contributed by atoms with Gasteiger partial charge in [0, 0.05) is 58.0 Å². The Morgan fingerprint density at radius 2 is 2.00 bits per heavy atom. The fourth-order valence-corrected chi connectivity index (χ4v) is 3.05. The van der Waals surface area contributed by atoms with Crippen LogP contribution in [0.4, 0.5) is 5.69 Å². The summed E-state index contributed by atoms with van der Waals surface area (Å²) >= 11 is 0. The Hall–Kier alpha value is -1.28. The molecule has 146 valence electrons. The van der Waals surface area contributed by atoms with Crippen molar-refractivity contribution in [2.24, 2.45) is 4.99 Å². The number of piperazine rings is 1. The Morgan fingerprint density at radius 3 is 2.65 bits per heavy atom. The van der Waals surface area contributed by atoms with Crippen molar-refractivity contribution in [3.8, 4) is 0 Å². The number of nitrogens with one attached hydrogen (secondary N) is 2. The van der Waals surface area contributed by atoms with Crippen LogP contribution in [0.2, 0.25) is 0 Å². The van der Waals surface area contributed by atoms with Gasteiger partial charge in [0.2, 0.25) is 0 Å². The summed E-state index contributed by atoms with van der Waals surface area (Å²) < 4.78 is 0. The molecule has 1 aliphatic heterocycles. The molecule has 1 fully saturated rings. The number of hydrogen-bond donors (Lipinski definition) is 2. The number of nitrogens with zero attached hydrogens (tertiary/aromatic N) is 3. The highest BCUT2D eigenvalue weighted by atomic mass is 127. The molecule has 6 heteroatoms. The monoisotopic (exact) mass is 471 g/mol. The molecule has 0 amide bonds. The van der Waals surface area contributed by atoms with Crippen molar-refractivity contribution in [3.63, 3.8) is 0 Å². The lowest BCUT2D eigenvalue weighted by Crippen LogP contribution is -2.46. The predicted molar refractivity (Wildman–Crippen MR) is 124 cm³/mol. The van der Waals surface area contributed by atoms with Crippen LogP contribution in [-0.4, -0.2) is 63.2 Å². The summed E-state index contributed by atoms with van der Waals surface area (Å²) in [6.45, 7) is 16.0. The Morgan fingerprint density at radius 1 is 1.23 bits per heavy atom. The third-order valence-electron chi connectivity index (χ3n) is 4.40. The minimum Gasteiger partial charge on any atom is -0.369 e. The van der Waals surface area contributed by atoms with Gasteiger partial charge in [-0.3, -0.25) is 9.89 Å². The predicted octanol–water partition coefficient (Wildman–Crippen LogP) is 2.87. The maximum atomic E-state index is 4.62. The van der Waals surface area contributed by atoms with Gasteiger partial charge in [-0.2, -0.15) is 0 Å². The maximum Gasteiger partial charge on any atom is 0.191 e. The molecule has 1 aromatic rings. The van der Waals surface area contributed by atoms with Gasteiger partial charge < -0.3 is 15.5 Å². The van der Waals surface area contributed by atoms with E-state index in [1.54, 1.807) is 0 Å². The lowest BCUT2D eigenvalue weighted by atomic mass is 10.2. The van der Waals surface area contributed by atoms with Crippen molar-refractivity contribution >= 4 is 35.6 Å². The number of aliphatic imine (C=N–C) groups is 1. The first-order valence-electron chi connectivity index (χ1n) is 9.40. The van der Waals surface area contributed by atoms with Gasteiger partial charge in [0.05, 0.1) is 0 Å². The summed E-state index contributed by atoms with van der Waals surface area (Å²) in [5.41, 5.74) is 2.69. The third-order valence-corrected chi connectivity index (χ3v) is 4.40. The first-order valence-corrected chi connectivity index (χ1v) is 9.40.